The number of hydrogen-bond donors (Lipinski definition) is 0. The number of carbonyl (C=O) groups is 1. The molecule has 0 radical (unpaired) electrons. The molecule has 0 aliphatic rings. The van der Waals surface area contributed by atoms with Gasteiger partial charge in [0.25, 0.3) is 0 Å². The van der Waals surface area contributed by atoms with Crippen molar-refractivity contribution in [1.82, 2.24) is 4.90 Å². The van der Waals surface area contributed by atoms with Gasteiger partial charge in [-0.1, -0.05) is 30.3 Å². The van der Waals surface area contributed by atoms with Gasteiger partial charge in [0.05, 0.1) is 0 Å². The standard InChI is InChI=1S/C16H25NO2/c1-16(2,3)19-15(18)17(4)13-9-8-12-14-10-6-5-7-11-14/h5-7,10-11H,8-9,12-13H2,1-4H3. The predicted molar refractivity (Wildman–Crippen MR) is 78.2 cm³/mol. The van der Waals surface area contributed by atoms with E-state index in [1.54, 1.807) is 11.9 Å². The maximum absolute atomic E-state index is 11.7. The quantitative estimate of drug-likeness (QED) is 0.755. The maximum Gasteiger partial charge on any atom is 0.410 e. The molecule has 0 aliphatic carbocycles. The second-order valence-corrected chi connectivity index (χ2v) is 5.84. The second-order valence-electron chi connectivity index (χ2n) is 5.84. The van der Waals surface area contributed by atoms with Gasteiger partial charge < -0.3 is 9.64 Å². The molecule has 3 nitrogen and oxygen atoms in total. The first-order chi connectivity index (χ1) is 8.88. The maximum atomic E-state index is 11.7. The Hall–Kier alpha value is -1.51. The summed E-state index contributed by atoms with van der Waals surface area (Å²) in [4.78, 5) is 13.4. The monoisotopic (exact) mass is 263 g/mol. The largest absolute Gasteiger partial charge is 0.444 e. The molecule has 1 aromatic carbocycles. The zero-order valence-corrected chi connectivity index (χ0v) is 12.5. The first-order valence-electron chi connectivity index (χ1n) is 6.86. The number of benzene rings is 1. The lowest BCUT2D eigenvalue weighted by Gasteiger charge is -2.24. The van der Waals surface area contributed by atoms with Crippen LogP contribution in [-0.2, 0) is 11.2 Å². The van der Waals surface area contributed by atoms with Crippen LogP contribution in [0.15, 0.2) is 30.3 Å². The van der Waals surface area contributed by atoms with Crippen LogP contribution in [0.25, 0.3) is 0 Å². The smallest absolute Gasteiger partial charge is 0.410 e. The van der Waals surface area contributed by atoms with Crippen LogP contribution in [-0.4, -0.2) is 30.2 Å². The fourth-order valence-electron chi connectivity index (χ4n) is 1.75. The Kier molecular flexibility index (Phi) is 5.87. The number of carbonyl (C=O) groups excluding carboxylic acids is 1. The zero-order chi connectivity index (χ0) is 14.3. The summed E-state index contributed by atoms with van der Waals surface area (Å²) >= 11 is 0. The molecule has 0 fully saturated rings. The first kappa shape index (κ1) is 15.5. The van der Waals surface area contributed by atoms with Crippen molar-refractivity contribution >= 4 is 6.09 Å². The van der Waals surface area contributed by atoms with Crippen molar-refractivity contribution in [3.8, 4) is 0 Å². The molecule has 19 heavy (non-hydrogen) atoms. The van der Waals surface area contributed by atoms with Crippen molar-refractivity contribution in [2.24, 2.45) is 0 Å². The van der Waals surface area contributed by atoms with E-state index in [-0.39, 0.29) is 6.09 Å². The van der Waals surface area contributed by atoms with Crippen molar-refractivity contribution in [1.29, 1.82) is 0 Å². The minimum absolute atomic E-state index is 0.243. The average molecular weight is 263 g/mol. The van der Waals surface area contributed by atoms with Crippen LogP contribution < -0.4 is 0 Å². The van der Waals surface area contributed by atoms with Gasteiger partial charge in [-0.25, -0.2) is 4.79 Å². The highest BCUT2D eigenvalue weighted by Gasteiger charge is 2.18. The van der Waals surface area contributed by atoms with Crippen molar-refractivity contribution < 1.29 is 9.53 Å². The van der Waals surface area contributed by atoms with E-state index in [1.165, 1.54) is 5.56 Å². The first-order valence-corrected chi connectivity index (χ1v) is 6.86. The molecular formula is C16H25NO2. The molecule has 1 aromatic rings. The summed E-state index contributed by atoms with van der Waals surface area (Å²) in [5.41, 5.74) is 0.928. The van der Waals surface area contributed by atoms with Crippen molar-refractivity contribution in [3.05, 3.63) is 35.9 Å². The Morgan fingerprint density at radius 2 is 1.79 bits per heavy atom. The van der Waals surface area contributed by atoms with Crippen LogP contribution in [0.2, 0.25) is 0 Å². The lowest BCUT2D eigenvalue weighted by molar-refractivity contribution is 0.0296. The van der Waals surface area contributed by atoms with E-state index in [0.717, 1.165) is 25.8 Å². The Morgan fingerprint density at radius 1 is 1.16 bits per heavy atom. The minimum Gasteiger partial charge on any atom is -0.444 e. The Labute approximate surface area is 116 Å². The van der Waals surface area contributed by atoms with Gasteiger partial charge in [-0.05, 0) is 45.6 Å². The van der Waals surface area contributed by atoms with Gasteiger partial charge in [0.2, 0.25) is 0 Å². The number of hydrogen-bond acceptors (Lipinski definition) is 2. The molecular weight excluding hydrogens is 238 g/mol. The number of ether oxygens (including phenoxy) is 1. The SMILES string of the molecule is CN(CCCCc1ccccc1)C(=O)OC(C)(C)C. The van der Waals surface area contributed by atoms with Crippen LogP contribution >= 0.6 is 0 Å². The fourth-order valence-corrected chi connectivity index (χ4v) is 1.75. The number of nitrogens with zero attached hydrogens (tertiary/aromatic N) is 1. The molecule has 0 aliphatic heterocycles. The van der Waals surface area contributed by atoms with Crippen LogP contribution in [0, 0.1) is 0 Å². The van der Waals surface area contributed by atoms with E-state index in [9.17, 15) is 4.79 Å². The fraction of sp³-hybridized carbons (Fsp3) is 0.562. The van der Waals surface area contributed by atoms with Crippen molar-refractivity contribution in [2.75, 3.05) is 13.6 Å². The highest BCUT2D eigenvalue weighted by atomic mass is 16.6. The Morgan fingerprint density at radius 3 is 2.37 bits per heavy atom. The van der Waals surface area contributed by atoms with Gasteiger partial charge >= 0.3 is 6.09 Å². The van der Waals surface area contributed by atoms with Gasteiger partial charge in [0.1, 0.15) is 5.60 Å². The lowest BCUT2D eigenvalue weighted by Crippen LogP contribution is -2.34. The third-order valence-electron chi connectivity index (χ3n) is 2.76. The third-order valence-corrected chi connectivity index (χ3v) is 2.76. The molecule has 0 atom stereocenters. The normalized spacial score (nSPS) is 11.2. The molecule has 0 saturated heterocycles. The summed E-state index contributed by atoms with van der Waals surface area (Å²) < 4.78 is 5.30. The lowest BCUT2D eigenvalue weighted by atomic mass is 10.1. The Bertz CT molecular complexity index is 381. The topological polar surface area (TPSA) is 29.5 Å². The van der Waals surface area contributed by atoms with Gasteiger partial charge in [0, 0.05) is 13.6 Å². The number of amides is 1. The molecule has 0 N–H and O–H groups in total. The van der Waals surface area contributed by atoms with E-state index in [4.69, 9.17) is 4.74 Å². The number of unbranched alkanes of at least 4 members (excludes halogenated alkanes) is 1. The Balaban J connectivity index is 2.20. The van der Waals surface area contributed by atoms with E-state index >= 15 is 0 Å². The average Bonchev–Trinajstić information content (AvgIpc) is 2.33. The van der Waals surface area contributed by atoms with Crippen molar-refractivity contribution in [3.63, 3.8) is 0 Å². The van der Waals surface area contributed by atoms with Gasteiger partial charge in [-0.2, -0.15) is 0 Å². The second kappa shape index (κ2) is 7.17. The minimum atomic E-state index is -0.421. The molecule has 0 saturated carbocycles. The van der Waals surface area contributed by atoms with Gasteiger partial charge in [0.15, 0.2) is 0 Å². The molecule has 0 heterocycles. The van der Waals surface area contributed by atoms with E-state index in [1.807, 2.05) is 26.8 Å². The van der Waals surface area contributed by atoms with Crippen LogP contribution in [0.4, 0.5) is 4.79 Å². The van der Waals surface area contributed by atoms with Crippen LogP contribution in [0.3, 0.4) is 0 Å². The predicted octanol–water partition coefficient (Wildman–Crippen LogP) is 3.88. The van der Waals surface area contributed by atoms with Crippen LogP contribution in [0.5, 0.6) is 0 Å². The summed E-state index contributed by atoms with van der Waals surface area (Å²) in [5.74, 6) is 0. The molecule has 1 rings (SSSR count). The van der Waals surface area contributed by atoms with E-state index in [0.29, 0.717) is 0 Å². The summed E-state index contributed by atoms with van der Waals surface area (Å²) in [6.45, 7) is 6.39. The molecule has 0 aromatic heterocycles. The third kappa shape index (κ3) is 6.85. The molecule has 106 valence electrons. The molecule has 0 unspecified atom stereocenters. The van der Waals surface area contributed by atoms with E-state index in [2.05, 4.69) is 24.3 Å². The van der Waals surface area contributed by atoms with Crippen molar-refractivity contribution in [2.45, 2.75) is 45.6 Å². The molecule has 1 amide bonds. The van der Waals surface area contributed by atoms with Crippen LogP contribution in [0.1, 0.15) is 39.2 Å². The summed E-state index contributed by atoms with van der Waals surface area (Å²) in [6.07, 6.45) is 2.89. The summed E-state index contributed by atoms with van der Waals surface area (Å²) in [6, 6.07) is 10.4. The highest BCUT2D eigenvalue weighted by Crippen LogP contribution is 2.10. The number of aryl methyl sites for hydroxylation is 1. The molecule has 0 bridgehead atoms. The van der Waals surface area contributed by atoms with E-state index < -0.39 is 5.60 Å². The van der Waals surface area contributed by atoms with Gasteiger partial charge in [-0.3, -0.25) is 0 Å². The number of rotatable bonds is 5. The highest BCUT2D eigenvalue weighted by molar-refractivity contribution is 5.67. The van der Waals surface area contributed by atoms with Gasteiger partial charge in [-0.15, -0.1) is 0 Å². The molecule has 0 spiro atoms. The zero-order valence-electron chi connectivity index (χ0n) is 12.5. The molecule has 3 heteroatoms. The summed E-state index contributed by atoms with van der Waals surface area (Å²) in [7, 11) is 1.79. The summed E-state index contributed by atoms with van der Waals surface area (Å²) in [5, 5.41) is 0.